The Bertz CT molecular complexity index is 1310. The second kappa shape index (κ2) is 11.4. The van der Waals surface area contributed by atoms with E-state index in [0.717, 1.165) is 11.9 Å². The zero-order valence-corrected chi connectivity index (χ0v) is 21.7. The molecule has 2 N–H and O–H groups in total. The number of halogens is 2. The average Bonchev–Trinajstić information content (AvgIpc) is 2.83. The SMILES string of the molecule is C=N/C(C)=C(\SN)C(=O)N1CCN(S(=O)(=O)c2cc(C#N)ccc2Oc2cc(Cl)cc(Cl)c2)CC1. The number of nitrogens with zero attached hydrogens (tertiary/aromatic N) is 4. The number of piperazine rings is 1. The Labute approximate surface area is 217 Å². The molecule has 0 aromatic heterocycles. The molecule has 1 heterocycles. The highest BCUT2D eigenvalue weighted by atomic mass is 35.5. The fourth-order valence-electron chi connectivity index (χ4n) is 3.35. The van der Waals surface area contributed by atoms with Crippen molar-refractivity contribution in [2.24, 2.45) is 10.1 Å². The monoisotopic (exact) mass is 553 g/mol. The van der Waals surface area contributed by atoms with E-state index in [1.54, 1.807) is 6.92 Å². The van der Waals surface area contributed by atoms with E-state index >= 15 is 0 Å². The lowest BCUT2D eigenvalue weighted by molar-refractivity contribution is -0.127. The number of hydrogen-bond acceptors (Lipinski definition) is 8. The minimum absolute atomic E-state index is 0.0123. The van der Waals surface area contributed by atoms with Gasteiger partial charge >= 0.3 is 0 Å². The molecule has 0 radical (unpaired) electrons. The Hall–Kier alpha value is -2.59. The topological polar surface area (TPSA) is 129 Å². The van der Waals surface area contributed by atoms with Crippen LogP contribution in [0.25, 0.3) is 0 Å². The minimum atomic E-state index is -4.08. The van der Waals surface area contributed by atoms with Crippen molar-refractivity contribution >= 4 is 57.8 Å². The number of benzene rings is 2. The van der Waals surface area contributed by atoms with E-state index in [4.69, 9.17) is 33.1 Å². The van der Waals surface area contributed by atoms with Crippen molar-refractivity contribution in [1.29, 1.82) is 5.26 Å². The highest BCUT2D eigenvalue weighted by Crippen LogP contribution is 2.34. The maximum absolute atomic E-state index is 13.5. The summed E-state index contributed by atoms with van der Waals surface area (Å²) in [5, 5.41) is 15.6. The molecule has 0 saturated carbocycles. The van der Waals surface area contributed by atoms with Crippen LogP contribution in [0.5, 0.6) is 11.5 Å². The fourth-order valence-corrected chi connectivity index (χ4v) is 5.89. The third kappa shape index (κ3) is 6.16. The largest absolute Gasteiger partial charge is 0.456 e. The summed E-state index contributed by atoms with van der Waals surface area (Å²) in [5.74, 6) is -0.0880. The van der Waals surface area contributed by atoms with Gasteiger partial charge in [-0.05, 0) is 62.0 Å². The Morgan fingerprint density at radius 2 is 1.80 bits per heavy atom. The van der Waals surface area contributed by atoms with Gasteiger partial charge in [-0.15, -0.1) is 0 Å². The van der Waals surface area contributed by atoms with E-state index in [0.29, 0.717) is 15.7 Å². The third-order valence-electron chi connectivity index (χ3n) is 5.16. The molecule has 1 amide bonds. The van der Waals surface area contributed by atoms with Crippen molar-refractivity contribution in [2.45, 2.75) is 11.8 Å². The lowest BCUT2D eigenvalue weighted by atomic mass is 10.2. The first-order valence-corrected chi connectivity index (χ1v) is 13.2. The molecule has 0 atom stereocenters. The van der Waals surface area contributed by atoms with Crippen LogP contribution in [-0.2, 0) is 14.8 Å². The predicted molar refractivity (Wildman–Crippen MR) is 137 cm³/mol. The molecule has 2 aromatic rings. The number of nitriles is 1. The van der Waals surface area contributed by atoms with Gasteiger partial charge in [-0.25, -0.2) is 8.42 Å². The van der Waals surface area contributed by atoms with Crippen molar-refractivity contribution in [3.8, 4) is 17.6 Å². The van der Waals surface area contributed by atoms with Gasteiger partial charge in [0.15, 0.2) is 0 Å². The number of carbonyl (C=O) groups excluding carboxylic acids is 1. The molecular weight excluding hydrogens is 533 g/mol. The maximum atomic E-state index is 13.5. The van der Waals surface area contributed by atoms with Crippen LogP contribution in [0.3, 0.4) is 0 Å². The second-order valence-electron chi connectivity index (χ2n) is 7.37. The number of nitrogens with two attached hydrogens (primary N) is 1. The summed E-state index contributed by atoms with van der Waals surface area (Å²) in [6, 6.07) is 10.5. The van der Waals surface area contributed by atoms with Gasteiger partial charge < -0.3 is 9.64 Å². The number of amides is 1. The highest BCUT2D eigenvalue weighted by Gasteiger charge is 2.33. The molecule has 1 aliphatic rings. The van der Waals surface area contributed by atoms with Crippen molar-refractivity contribution in [2.75, 3.05) is 26.2 Å². The number of ether oxygens (including phenoxy) is 1. The number of carbonyl (C=O) groups is 1. The smallest absolute Gasteiger partial charge is 0.263 e. The molecule has 35 heavy (non-hydrogen) atoms. The standard InChI is InChI=1S/C22H21Cl2N5O4S2/c1-14(27-2)21(34-26)22(30)28-5-7-29(8-6-28)35(31,32)20-9-15(13-25)3-4-19(20)33-18-11-16(23)10-17(24)12-18/h3-4,9-12H,2,5-8,26H2,1H3/b21-14-. The molecule has 0 aliphatic carbocycles. The van der Waals surface area contributed by atoms with E-state index in [-0.39, 0.29) is 58.9 Å². The van der Waals surface area contributed by atoms with Crippen LogP contribution in [0.15, 0.2) is 56.9 Å². The molecule has 1 fully saturated rings. The summed E-state index contributed by atoms with van der Waals surface area (Å²) in [6.07, 6.45) is 0. The molecule has 0 unspecified atom stereocenters. The first-order valence-electron chi connectivity index (χ1n) is 10.1. The first-order chi connectivity index (χ1) is 16.6. The summed E-state index contributed by atoms with van der Waals surface area (Å²) in [5.41, 5.74) is 0.546. The van der Waals surface area contributed by atoms with Crippen LogP contribution in [-0.4, -0.2) is 56.4 Å². The zero-order valence-electron chi connectivity index (χ0n) is 18.6. The number of hydrogen-bond donors (Lipinski definition) is 1. The quantitative estimate of drug-likeness (QED) is 0.311. The van der Waals surface area contributed by atoms with Crippen LogP contribution in [0.4, 0.5) is 0 Å². The van der Waals surface area contributed by atoms with Crippen molar-refractivity contribution in [1.82, 2.24) is 9.21 Å². The lowest BCUT2D eigenvalue weighted by Crippen LogP contribution is -2.50. The van der Waals surface area contributed by atoms with Crippen molar-refractivity contribution < 1.29 is 17.9 Å². The Morgan fingerprint density at radius 1 is 1.17 bits per heavy atom. The van der Waals surface area contributed by atoms with E-state index in [2.05, 4.69) is 11.7 Å². The second-order valence-corrected chi connectivity index (χ2v) is 10.8. The van der Waals surface area contributed by atoms with E-state index in [1.807, 2.05) is 6.07 Å². The molecule has 0 spiro atoms. The predicted octanol–water partition coefficient (Wildman–Crippen LogP) is 4.03. The van der Waals surface area contributed by atoms with Gasteiger partial charge in [-0.2, -0.15) is 9.57 Å². The minimum Gasteiger partial charge on any atom is -0.456 e. The van der Waals surface area contributed by atoms with Crippen molar-refractivity contribution in [3.05, 3.63) is 62.6 Å². The van der Waals surface area contributed by atoms with Gasteiger partial charge in [-0.1, -0.05) is 23.2 Å². The van der Waals surface area contributed by atoms with Gasteiger partial charge in [0.05, 0.1) is 17.3 Å². The summed E-state index contributed by atoms with van der Waals surface area (Å²) in [7, 11) is -4.08. The normalized spacial score (nSPS) is 15.2. The van der Waals surface area contributed by atoms with Gasteiger partial charge in [0.1, 0.15) is 21.3 Å². The summed E-state index contributed by atoms with van der Waals surface area (Å²) in [6.45, 7) is 5.40. The third-order valence-corrected chi connectivity index (χ3v) is 8.22. The van der Waals surface area contributed by atoms with E-state index in [9.17, 15) is 18.5 Å². The van der Waals surface area contributed by atoms with Crippen LogP contribution in [0.1, 0.15) is 12.5 Å². The summed E-state index contributed by atoms with van der Waals surface area (Å²) in [4.78, 5) is 18.1. The van der Waals surface area contributed by atoms with Crippen LogP contribution in [0, 0.1) is 11.3 Å². The molecule has 0 bridgehead atoms. The van der Waals surface area contributed by atoms with Crippen molar-refractivity contribution in [3.63, 3.8) is 0 Å². The maximum Gasteiger partial charge on any atom is 0.263 e. The van der Waals surface area contributed by atoms with Crippen LogP contribution >= 0.6 is 35.1 Å². The summed E-state index contributed by atoms with van der Waals surface area (Å²) < 4.78 is 34.1. The Balaban J connectivity index is 1.88. The van der Waals surface area contributed by atoms with Gasteiger partial charge in [0, 0.05) is 36.2 Å². The van der Waals surface area contributed by atoms with Crippen LogP contribution in [0.2, 0.25) is 10.0 Å². The first kappa shape index (κ1) is 27.0. The highest BCUT2D eigenvalue weighted by molar-refractivity contribution is 8.01. The number of allylic oxidation sites excluding steroid dienone is 1. The molecule has 13 heteroatoms. The zero-order chi connectivity index (χ0) is 25.8. The van der Waals surface area contributed by atoms with E-state index < -0.39 is 10.0 Å². The molecule has 2 aromatic carbocycles. The summed E-state index contributed by atoms with van der Waals surface area (Å²) >= 11 is 12.8. The lowest BCUT2D eigenvalue weighted by Gasteiger charge is -2.34. The molecular formula is C22H21Cl2N5O4S2. The van der Waals surface area contributed by atoms with Gasteiger partial charge in [0.2, 0.25) is 10.0 Å². The molecule has 1 saturated heterocycles. The fraction of sp³-hybridized carbons (Fsp3) is 0.227. The molecule has 184 valence electrons. The van der Waals surface area contributed by atoms with Gasteiger partial charge in [0.25, 0.3) is 5.91 Å². The molecule has 9 nitrogen and oxygen atoms in total. The molecule has 1 aliphatic heterocycles. The van der Waals surface area contributed by atoms with E-state index in [1.165, 1.54) is 45.6 Å². The number of aliphatic imine (C=N–C) groups is 1. The number of sulfonamides is 1. The van der Waals surface area contributed by atoms with Crippen LogP contribution < -0.4 is 9.88 Å². The Morgan fingerprint density at radius 3 is 2.34 bits per heavy atom. The average molecular weight is 554 g/mol. The Kier molecular flexibility index (Phi) is 8.82. The van der Waals surface area contributed by atoms with Gasteiger partial charge in [-0.3, -0.25) is 14.9 Å². The molecule has 3 rings (SSSR count). The number of rotatable bonds is 7.